The molecule has 1 amide bonds. The topological polar surface area (TPSA) is 116 Å². The number of esters is 1. The minimum Gasteiger partial charge on any atom is -0.467 e. The van der Waals surface area contributed by atoms with E-state index in [1.807, 2.05) is 0 Å². The van der Waals surface area contributed by atoms with Crippen molar-refractivity contribution in [3.8, 4) is 0 Å². The Hall–Kier alpha value is -1.65. The molecule has 0 saturated carbocycles. The van der Waals surface area contributed by atoms with Crippen LogP contribution in [0.5, 0.6) is 0 Å². The van der Waals surface area contributed by atoms with Crippen LogP contribution in [0.2, 0.25) is 0 Å². The van der Waals surface area contributed by atoms with E-state index in [-0.39, 0.29) is 10.8 Å². The van der Waals surface area contributed by atoms with Gasteiger partial charge in [-0.15, -0.1) is 11.3 Å². The minimum absolute atomic E-state index is 0.00856. The molecule has 10 heteroatoms. The second-order valence-electron chi connectivity index (χ2n) is 6.07. The first-order valence-corrected chi connectivity index (χ1v) is 9.40. The number of carbonyl (C=O) groups excluding carboxylic acids is 2. The molecule has 2 N–H and O–H groups in total. The van der Waals surface area contributed by atoms with Gasteiger partial charge in [0.1, 0.15) is 15.9 Å². The summed E-state index contributed by atoms with van der Waals surface area (Å²) in [6, 6.07) is 1.99. The zero-order chi connectivity index (χ0) is 18.7. The maximum Gasteiger partial charge on any atom is 0.411 e. The maximum atomic E-state index is 12.4. The lowest BCUT2D eigenvalue weighted by Crippen LogP contribution is -2.45. The quantitative estimate of drug-likeness (QED) is 0.780. The van der Waals surface area contributed by atoms with Crippen molar-refractivity contribution in [2.45, 2.75) is 50.1 Å². The first kappa shape index (κ1) is 20.4. The molecule has 1 aromatic heterocycles. The highest BCUT2D eigenvalue weighted by Gasteiger charge is 2.31. The molecule has 0 bridgehead atoms. The Morgan fingerprint density at radius 3 is 2.33 bits per heavy atom. The van der Waals surface area contributed by atoms with Gasteiger partial charge in [-0.3, -0.25) is 4.90 Å². The lowest BCUT2D eigenvalue weighted by Gasteiger charge is -2.30. The van der Waals surface area contributed by atoms with Gasteiger partial charge < -0.3 is 9.47 Å². The van der Waals surface area contributed by atoms with E-state index in [4.69, 9.17) is 9.88 Å². The molecule has 0 fully saturated rings. The molecule has 1 heterocycles. The smallest absolute Gasteiger partial charge is 0.411 e. The highest BCUT2D eigenvalue weighted by molar-refractivity contribution is 7.91. The van der Waals surface area contributed by atoms with Crippen molar-refractivity contribution in [3.63, 3.8) is 0 Å². The SMILES string of the molecule is COC(=O)[C@@H](C)N(Cc1ccc(S(N)(=O)=O)s1)C(=O)OC(C)(C)C. The molecule has 0 aromatic carbocycles. The van der Waals surface area contributed by atoms with Gasteiger partial charge >= 0.3 is 12.1 Å². The fraction of sp³-hybridized carbons (Fsp3) is 0.571. The Morgan fingerprint density at radius 1 is 1.33 bits per heavy atom. The number of thiophene rings is 1. The van der Waals surface area contributed by atoms with Crippen LogP contribution in [-0.4, -0.2) is 44.1 Å². The molecule has 0 aliphatic rings. The van der Waals surface area contributed by atoms with Gasteiger partial charge in [-0.2, -0.15) is 0 Å². The number of methoxy groups -OCH3 is 1. The summed E-state index contributed by atoms with van der Waals surface area (Å²) < 4.78 is 32.7. The van der Waals surface area contributed by atoms with Gasteiger partial charge in [0.25, 0.3) is 0 Å². The number of hydrogen-bond acceptors (Lipinski definition) is 7. The molecule has 1 atom stereocenters. The van der Waals surface area contributed by atoms with Gasteiger partial charge in [-0.25, -0.2) is 23.1 Å². The van der Waals surface area contributed by atoms with Gasteiger partial charge in [-0.1, -0.05) is 0 Å². The summed E-state index contributed by atoms with van der Waals surface area (Å²) in [6.07, 6.45) is -0.703. The first-order chi connectivity index (χ1) is 10.8. The number of primary sulfonamides is 1. The Kier molecular flexibility index (Phi) is 6.37. The molecule has 0 radical (unpaired) electrons. The number of nitrogens with two attached hydrogens (primary N) is 1. The fourth-order valence-corrected chi connectivity index (χ4v) is 3.52. The van der Waals surface area contributed by atoms with Gasteiger partial charge in [0, 0.05) is 4.88 Å². The molecule has 0 saturated heterocycles. The highest BCUT2D eigenvalue weighted by Crippen LogP contribution is 2.24. The summed E-state index contributed by atoms with van der Waals surface area (Å²) in [4.78, 5) is 25.9. The Labute approximate surface area is 145 Å². The summed E-state index contributed by atoms with van der Waals surface area (Å²) in [5.41, 5.74) is -0.744. The molecule has 0 aliphatic heterocycles. The van der Waals surface area contributed by atoms with Crippen LogP contribution in [0, 0.1) is 0 Å². The van der Waals surface area contributed by atoms with Gasteiger partial charge in [0.05, 0.1) is 13.7 Å². The lowest BCUT2D eigenvalue weighted by atomic mass is 10.2. The van der Waals surface area contributed by atoms with Crippen molar-refractivity contribution < 1.29 is 27.5 Å². The summed E-state index contributed by atoms with van der Waals surface area (Å²) in [5.74, 6) is -0.607. The zero-order valence-corrected chi connectivity index (χ0v) is 15.9. The van der Waals surface area contributed by atoms with Crippen molar-refractivity contribution >= 4 is 33.4 Å². The Balaban J connectivity index is 3.07. The molecular formula is C14H22N2O6S2. The van der Waals surface area contributed by atoms with Crippen LogP contribution in [0.3, 0.4) is 0 Å². The van der Waals surface area contributed by atoms with E-state index < -0.39 is 33.7 Å². The first-order valence-electron chi connectivity index (χ1n) is 7.04. The van der Waals surface area contributed by atoms with Crippen LogP contribution in [0.25, 0.3) is 0 Å². The van der Waals surface area contributed by atoms with Crippen LogP contribution in [-0.2, 0) is 30.8 Å². The summed E-state index contributed by atoms with van der Waals surface area (Å²) in [7, 11) is -2.60. The van der Waals surface area contributed by atoms with Gasteiger partial charge in [-0.05, 0) is 39.8 Å². The van der Waals surface area contributed by atoms with E-state index in [0.717, 1.165) is 11.3 Å². The summed E-state index contributed by atoms with van der Waals surface area (Å²) in [6.45, 7) is 6.61. The highest BCUT2D eigenvalue weighted by atomic mass is 32.2. The number of nitrogens with zero attached hydrogens (tertiary/aromatic N) is 1. The molecule has 24 heavy (non-hydrogen) atoms. The second-order valence-corrected chi connectivity index (χ2v) is 9.03. The van der Waals surface area contributed by atoms with E-state index >= 15 is 0 Å². The van der Waals surface area contributed by atoms with E-state index in [1.165, 1.54) is 31.1 Å². The van der Waals surface area contributed by atoms with Crippen LogP contribution < -0.4 is 5.14 Å². The molecule has 0 unspecified atom stereocenters. The number of ether oxygens (including phenoxy) is 2. The summed E-state index contributed by atoms with van der Waals surface area (Å²) in [5, 5.41) is 5.08. The van der Waals surface area contributed by atoms with E-state index in [9.17, 15) is 18.0 Å². The van der Waals surface area contributed by atoms with E-state index in [2.05, 4.69) is 4.74 Å². The number of hydrogen-bond donors (Lipinski definition) is 1. The van der Waals surface area contributed by atoms with Crippen molar-refractivity contribution in [2.24, 2.45) is 5.14 Å². The molecule has 1 aromatic rings. The zero-order valence-electron chi connectivity index (χ0n) is 14.2. The Bertz CT molecular complexity index is 705. The van der Waals surface area contributed by atoms with Gasteiger partial charge in [0.2, 0.25) is 10.0 Å². The third-order valence-corrected chi connectivity index (χ3v) is 5.39. The van der Waals surface area contributed by atoms with Crippen molar-refractivity contribution in [1.82, 2.24) is 4.90 Å². The minimum atomic E-state index is -3.82. The Morgan fingerprint density at radius 2 is 1.92 bits per heavy atom. The van der Waals surface area contributed by atoms with Crippen LogP contribution >= 0.6 is 11.3 Å². The van der Waals surface area contributed by atoms with Crippen molar-refractivity contribution in [3.05, 3.63) is 17.0 Å². The van der Waals surface area contributed by atoms with Gasteiger partial charge in [0.15, 0.2) is 0 Å². The third-order valence-electron chi connectivity index (χ3n) is 2.88. The summed E-state index contributed by atoms with van der Waals surface area (Å²) >= 11 is 0.926. The van der Waals surface area contributed by atoms with Crippen LogP contribution in [0.15, 0.2) is 16.3 Å². The normalized spacial score (nSPS) is 13.2. The average molecular weight is 378 g/mol. The molecule has 1 rings (SSSR count). The molecule has 0 aliphatic carbocycles. The van der Waals surface area contributed by atoms with Crippen LogP contribution in [0.1, 0.15) is 32.6 Å². The monoisotopic (exact) mass is 378 g/mol. The predicted molar refractivity (Wildman–Crippen MR) is 88.9 cm³/mol. The lowest BCUT2D eigenvalue weighted by molar-refractivity contribution is -0.146. The molecule has 136 valence electrons. The number of carbonyl (C=O) groups is 2. The fourth-order valence-electron chi connectivity index (χ4n) is 1.74. The van der Waals surface area contributed by atoms with E-state index in [1.54, 1.807) is 20.8 Å². The maximum absolute atomic E-state index is 12.4. The average Bonchev–Trinajstić information content (AvgIpc) is 2.89. The molecule has 0 spiro atoms. The molecule has 8 nitrogen and oxygen atoms in total. The number of sulfonamides is 1. The second kappa shape index (κ2) is 7.49. The standard InChI is InChI=1S/C14H22N2O6S2/c1-9(12(17)21-5)16(13(18)22-14(2,3)4)8-10-6-7-11(23-10)24(15,19)20/h6-7,9H,8H2,1-5H3,(H2,15,19,20)/t9-/m1/s1. The predicted octanol–water partition coefficient (Wildman–Crippen LogP) is 1.69. The largest absolute Gasteiger partial charge is 0.467 e. The van der Waals surface area contributed by atoms with Crippen LogP contribution in [0.4, 0.5) is 4.79 Å². The van der Waals surface area contributed by atoms with E-state index in [0.29, 0.717) is 4.88 Å². The number of rotatable bonds is 5. The third kappa shape index (κ3) is 5.77. The van der Waals surface area contributed by atoms with Crippen molar-refractivity contribution in [2.75, 3.05) is 7.11 Å². The van der Waals surface area contributed by atoms with Crippen molar-refractivity contribution in [1.29, 1.82) is 0 Å². The number of amides is 1. The molecular weight excluding hydrogens is 356 g/mol.